The highest BCUT2D eigenvalue weighted by atomic mass is 79.9. The van der Waals surface area contributed by atoms with E-state index in [-0.39, 0.29) is 30.5 Å². The number of carbonyl (C=O) groups excluding carboxylic acids is 2. The van der Waals surface area contributed by atoms with Crippen molar-refractivity contribution in [3.8, 4) is 10.6 Å². The summed E-state index contributed by atoms with van der Waals surface area (Å²) in [7, 11) is 1.56. The summed E-state index contributed by atoms with van der Waals surface area (Å²) in [5.74, 6) is -0.311. The third-order valence-corrected chi connectivity index (χ3v) is 5.32. The molecule has 0 saturated heterocycles. The molecule has 3 rings (SSSR count). The number of nitrogens with zero attached hydrogens (tertiary/aromatic N) is 3. The van der Waals surface area contributed by atoms with Gasteiger partial charge in [0.05, 0.1) is 12.9 Å². The minimum atomic E-state index is -0.285. The van der Waals surface area contributed by atoms with E-state index in [1.54, 1.807) is 19.2 Å². The van der Waals surface area contributed by atoms with Crippen LogP contribution in [0.5, 0.6) is 0 Å². The molecule has 3 aromatic rings. The van der Waals surface area contributed by atoms with Gasteiger partial charge in [0.25, 0.3) is 5.91 Å². The first-order chi connectivity index (χ1) is 14.1. The lowest BCUT2D eigenvalue weighted by Crippen LogP contribution is -2.36. The van der Waals surface area contributed by atoms with Gasteiger partial charge in [0, 0.05) is 36.7 Å². The zero-order valence-electron chi connectivity index (χ0n) is 15.6. The fourth-order valence-electron chi connectivity index (χ4n) is 2.50. The molecule has 1 aromatic carbocycles. The predicted octanol–water partition coefficient (Wildman–Crippen LogP) is 3.68. The summed E-state index contributed by atoms with van der Waals surface area (Å²) in [5.41, 5.74) is 0.909. The molecule has 0 aliphatic rings. The van der Waals surface area contributed by atoms with Crippen LogP contribution in [0.3, 0.4) is 0 Å². The molecule has 2 heterocycles. The van der Waals surface area contributed by atoms with Gasteiger partial charge in [-0.15, -0.1) is 10.2 Å². The van der Waals surface area contributed by atoms with Crippen LogP contribution >= 0.6 is 27.3 Å². The van der Waals surface area contributed by atoms with Crippen molar-refractivity contribution >= 4 is 44.2 Å². The first-order valence-corrected chi connectivity index (χ1v) is 10.4. The van der Waals surface area contributed by atoms with Crippen LogP contribution < -0.4 is 5.32 Å². The number of ether oxygens (including phenoxy) is 1. The van der Waals surface area contributed by atoms with Gasteiger partial charge in [0.15, 0.2) is 5.76 Å². The Kier molecular flexibility index (Phi) is 7.50. The fourth-order valence-corrected chi connectivity index (χ4v) is 3.66. The molecule has 29 heavy (non-hydrogen) atoms. The molecule has 0 unspecified atom stereocenters. The van der Waals surface area contributed by atoms with E-state index in [2.05, 4.69) is 31.4 Å². The average Bonchev–Trinajstić information content (AvgIpc) is 3.40. The number of benzene rings is 1. The van der Waals surface area contributed by atoms with Crippen LogP contribution in [0.25, 0.3) is 10.6 Å². The quantitative estimate of drug-likeness (QED) is 0.503. The zero-order chi connectivity index (χ0) is 20.6. The van der Waals surface area contributed by atoms with E-state index in [0.717, 1.165) is 10.0 Å². The second kappa shape index (κ2) is 10.3. The molecule has 0 saturated carbocycles. The van der Waals surface area contributed by atoms with Crippen molar-refractivity contribution in [3.05, 3.63) is 52.9 Å². The molecule has 0 radical (unpaired) electrons. The van der Waals surface area contributed by atoms with Crippen LogP contribution in [0, 0.1) is 0 Å². The molecular formula is C19H19BrN4O4S. The molecule has 0 aliphatic heterocycles. The Bertz CT molecular complexity index is 961. The van der Waals surface area contributed by atoms with Crippen molar-refractivity contribution in [1.29, 1.82) is 0 Å². The maximum atomic E-state index is 12.5. The maximum Gasteiger partial charge on any atom is 0.289 e. The summed E-state index contributed by atoms with van der Waals surface area (Å²) in [6.45, 7) is 0.946. The topological polar surface area (TPSA) is 97.6 Å². The van der Waals surface area contributed by atoms with Crippen LogP contribution in [0.1, 0.15) is 17.0 Å². The van der Waals surface area contributed by atoms with Crippen molar-refractivity contribution in [3.63, 3.8) is 0 Å². The number of hydrogen-bond donors (Lipinski definition) is 1. The highest BCUT2D eigenvalue weighted by Gasteiger charge is 2.19. The van der Waals surface area contributed by atoms with Crippen molar-refractivity contribution in [2.24, 2.45) is 0 Å². The normalized spacial score (nSPS) is 10.7. The number of halogens is 1. The van der Waals surface area contributed by atoms with Crippen molar-refractivity contribution in [1.82, 2.24) is 15.1 Å². The van der Waals surface area contributed by atoms with Crippen LogP contribution in [-0.2, 0) is 9.53 Å². The number of methoxy groups -OCH3 is 1. The monoisotopic (exact) mass is 478 g/mol. The molecule has 152 valence electrons. The van der Waals surface area contributed by atoms with E-state index >= 15 is 0 Å². The molecule has 2 amide bonds. The molecule has 0 fully saturated rings. The molecule has 0 spiro atoms. The fraction of sp³-hybridized carbons (Fsp3) is 0.263. The average molecular weight is 479 g/mol. The molecule has 2 aromatic heterocycles. The Balaban J connectivity index is 1.57. The lowest BCUT2D eigenvalue weighted by molar-refractivity contribution is -0.116. The van der Waals surface area contributed by atoms with E-state index in [0.29, 0.717) is 23.3 Å². The number of furan rings is 1. The highest BCUT2D eigenvalue weighted by Crippen LogP contribution is 2.28. The third kappa shape index (κ3) is 5.96. The number of hydrogen-bond acceptors (Lipinski definition) is 7. The highest BCUT2D eigenvalue weighted by molar-refractivity contribution is 9.10. The second-order valence-electron chi connectivity index (χ2n) is 5.98. The van der Waals surface area contributed by atoms with Crippen molar-refractivity contribution in [2.45, 2.75) is 6.42 Å². The Hall–Kier alpha value is -2.56. The molecule has 8 nitrogen and oxygen atoms in total. The molecule has 0 atom stereocenters. The summed E-state index contributed by atoms with van der Waals surface area (Å²) >= 11 is 4.71. The van der Waals surface area contributed by atoms with Gasteiger partial charge in [-0.05, 0) is 24.3 Å². The van der Waals surface area contributed by atoms with Crippen LogP contribution in [-0.4, -0.2) is 53.7 Å². The first-order valence-electron chi connectivity index (χ1n) is 8.78. The molecule has 1 N–H and O–H groups in total. The van der Waals surface area contributed by atoms with Gasteiger partial charge >= 0.3 is 0 Å². The first kappa shape index (κ1) is 21.2. The van der Waals surface area contributed by atoms with Gasteiger partial charge in [0.2, 0.25) is 11.0 Å². The van der Waals surface area contributed by atoms with Gasteiger partial charge in [-0.2, -0.15) is 0 Å². The standard InChI is InChI=1S/C19H19BrN4O4S/c1-27-11-9-24(18(26)15-6-3-10-28-15)8-7-16(25)21-19-23-22-17(29-19)13-4-2-5-14(20)12-13/h2-6,10,12H,7-9,11H2,1H3,(H,21,23,25). The number of nitrogens with one attached hydrogen (secondary N) is 1. The van der Waals surface area contributed by atoms with Gasteiger partial charge in [-0.3, -0.25) is 9.59 Å². The summed E-state index contributed by atoms with van der Waals surface area (Å²) < 4.78 is 11.1. The number of rotatable bonds is 9. The predicted molar refractivity (Wildman–Crippen MR) is 113 cm³/mol. The largest absolute Gasteiger partial charge is 0.459 e. The van der Waals surface area contributed by atoms with Crippen molar-refractivity contribution < 1.29 is 18.7 Å². The van der Waals surface area contributed by atoms with E-state index in [4.69, 9.17) is 9.15 Å². The van der Waals surface area contributed by atoms with E-state index < -0.39 is 0 Å². The van der Waals surface area contributed by atoms with Gasteiger partial charge < -0.3 is 19.4 Å². The minimum absolute atomic E-state index is 0.113. The van der Waals surface area contributed by atoms with E-state index in [9.17, 15) is 9.59 Å². The van der Waals surface area contributed by atoms with E-state index in [1.807, 2.05) is 24.3 Å². The Morgan fingerprint density at radius 1 is 1.24 bits per heavy atom. The Labute approximate surface area is 180 Å². The summed E-state index contributed by atoms with van der Waals surface area (Å²) in [6.07, 6.45) is 1.55. The van der Waals surface area contributed by atoms with Gasteiger partial charge in [-0.25, -0.2) is 0 Å². The smallest absolute Gasteiger partial charge is 0.289 e. The lowest BCUT2D eigenvalue weighted by Gasteiger charge is -2.20. The SMILES string of the molecule is COCCN(CCC(=O)Nc1nnc(-c2cccc(Br)c2)s1)C(=O)c1ccco1. The minimum Gasteiger partial charge on any atom is -0.459 e. The molecular weight excluding hydrogens is 460 g/mol. The van der Waals surface area contributed by atoms with Crippen LogP contribution in [0.4, 0.5) is 5.13 Å². The number of amides is 2. The Morgan fingerprint density at radius 2 is 2.10 bits per heavy atom. The number of aromatic nitrogens is 2. The van der Waals surface area contributed by atoms with E-state index in [1.165, 1.54) is 22.5 Å². The van der Waals surface area contributed by atoms with Crippen molar-refractivity contribution in [2.75, 3.05) is 32.1 Å². The lowest BCUT2D eigenvalue weighted by atomic mass is 10.2. The number of carbonyl (C=O) groups is 2. The molecule has 0 bridgehead atoms. The Morgan fingerprint density at radius 3 is 2.83 bits per heavy atom. The van der Waals surface area contributed by atoms with Crippen LogP contribution in [0.15, 0.2) is 51.6 Å². The number of anilines is 1. The third-order valence-electron chi connectivity index (χ3n) is 3.94. The summed E-state index contributed by atoms with van der Waals surface area (Å²) in [4.78, 5) is 26.3. The molecule has 10 heteroatoms. The summed E-state index contributed by atoms with van der Waals surface area (Å²) in [5, 5.41) is 12.0. The second-order valence-corrected chi connectivity index (χ2v) is 7.88. The molecule has 0 aliphatic carbocycles. The maximum absolute atomic E-state index is 12.5. The summed E-state index contributed by atoms with van der Waals surface area (Å²) in [6, 6.07) is 10.9. The van der Waals surface area contributed by atoms with Gasteiger partial charge in [-0.1, -0.05) is 39.4 Å². The zero-order valence-corrected chi connectivity index (χ0v) is 18.0. The van der Waals surface area contributed by atoms with Gasteiger partial charge in [0.1, 0.15) is 5.01 Å². The van der Waals surface area contributed by atoms with Crippen LogP contribution in [0.2, 0.25) is 0 Å².